The molecule has 1 N–H and O–H groups in total. The highest BCUT2D eigenvalue weighted by Gasteiger charge is 2.31. The number of hydrogen-bond donors (Lipinski definition) is 1. The second-order valence-electron chi connectivity index (χ2n) is 9.48. The van der Waals surface area contributed by atoms with Crippen LogP contribution in [0.25, 0.3) is 0 Å². The molecule has 0 bridgehead atoms. The van der Waals surface area contributed by atoms with E-state index in [9.17, 15) is 13.8 Å². The first-order chi connectivity index (χ1) is 18.0. The Morgan fingerprint density at radius 1 is 0.919 bits per heavy atom. The number of likely N-dealkylation sites (tertiary alicyclic amines) is 1. The van der Waals surface area contributed by atoms with Crippen LogP contribution in [0.1, 0.15) is 52.0 Å². The molecular formula is C29H30ClN3O3S. The quantitative estimate of drug-likeness (QED) is 0.466. The third-order valence-electron chi connectivity index (χ3n) is 6.92. The fourth-order valence-corrected chi connectivity index (χ4v) is 6.53. The van der Waals surface area contributed by atoms with Crippen LogP contribution in [0.4, 0.5) is 5.69 Å². The average Bonchev–Trinajstić information content (AvgIpc) is 3.23. The SMILES string of the molecule is O=C(NCCN1CCCCCC1)c1ccc2c(c1)N(Cc1cccc(Cl)c1)C(=O)c1ccccc1[S@@]2=O. The molecule has 192 valence electrons. The highest BCUT2D eigenvalue weighted by Crippen LogP contribution is 2.36. The smallest absolute Gasteiger partial charge is 0.259 e. The molecule has 0 aliphatic carbocycles. The van der Waals surface area contributed by atoms with Gasteiger partial charge in [0.2, 0.25) is 0 Å². The minimum Gasteiger partial charge on any atom is -0.351 e. The van der Waals surface area contributed by atoms with Gasteiger partial charge in [0.25, 0.3) is 11.8 Å². The molecule has 0 spiro atoms. The number of carbonyl (C=O) groups excluding carboxylic acids is 2. The van der Waals surface area contributed by atoms with Crippen molar-refractivity contribution in [1.29, 1.82) is 0 Å². The Balaban J connectivity index is 1.43. The molecule has 3 aromatic rings. The van der Waals surface area contributed by atoms with E-state index in [4.69, 9.17) is 11.6 Å². The second kappa shape index (κ2) is 11.6. The number of anilines is 1. The van der Waals surface area contributed by atoms with Gasteiger partial charge in [-0.25, -0.2) is 4.21 Å². The Bertz CT molecular complexity index is 1340. The van der Waals surface area contributed by atoms with Crippen molar-refractivity contribution in [2.75, 3.05) is 31.1 Å². The number of fused-ring (bicyclic) bond motifs is 2. The van der Waals surface area contributed by atoms with Crippen LogP contribution in [0.15, 0.2) is 76.5 Å². The molecule has 6 nitrogen and oxygen atoms in total. The van der Waals surface area contributed by atoms with Crippen LogP contribution >= 0.6 is 11.6 Å². The number of benzene rings is 3. The maximum absolute atomic E-state index is 13.7. The van der Waals surface area contributed by atoms with E-state index in [0.717, 1.165) is 25.2 Å². The van der Waals surface area contributed by atoms with E-state index < -0.39 is 10.8 Å². The summed E-state index contributed by atoms with van der Waals surface area (Å²) >= 11 is 6.21. The van der Waals surface area contributed by atoms with Crippen LogP contribution < -0.4 is 10.2 Å². The number of hydrogen-bond acceptors (Lipinski definition) is 4. The van der Waals surface area contributed by atoms with Crippen LogP contribution in [0.5, 0.6) is 0 Å². The van der Waals surface area contributed by atoms with Crippen LogP contribution in [0, 0.1) is 0 Å². The summed E-state index contributed by atoms with van der Waals surface area (Å²) in [5.41, 5.74) is 2.13. The number of carbonyl (C=O) groups is 2. The number of rotatable bonds is 6. The molecule has 0 aromatic heterocycles. The predicted octanol–water partition coefficient (Wildman–Crippen LogP) is 5.27. The Hall–Kier alpha value is -3.00. The van der Waals surface area contributed by atoms with E-state index in [1.165, 1.54) is 25.7 Å². The zero-order valence-corrected chi connectivity index (χ0v) is 22.2. The van der Waals surface area contributed by atoms with Gasteiger partial charge in [-0.05, 0) is 74.0 Å². The summed E-state index contributed by atoms with van der Waals surface area (Å²) < 4.78 is 13.6. The average molecular weight is 536 g/mol. The monoisotopic (exact) mass is 535 g/mol. The number of nitrogens with one attached hydrogen (secondary N) is 1. The standard InChI is InChI=1S/C29H30ClN3O3S/c30-23-9-7-8-21(18-23)20-33-25-19-22(28(34)31-14-17-32-15-5-1-2-6-16-32)12-13-27(25)37(36)26-11-4-3-10-24(26)29(33)35/h3-4,7-13,18-19H,1-2,5-6,14-17,20H2,(H,31,34)/t37-/m0/s1. The van der Waals surface area contributed by atoms with Crippen LogP contribution in [0.3, 0.4) is 0 Å². The highest BCUT2D eigenvalue weighted by molar-refractivity contribution is 7.85. The number of amides is 2. The molecular weight excluding hydrogens is 506 g/mol. The molecule has 2 heterocycles. The molecule has 0 radical (unpaired) electrons. The Labute approximate surface area is 225 Å². The van der Waals surface area contributed by atoms with Crippen molar-refractivity contribution in [3.05, 3.63) is 88.4 Å². The second-order valence-corrected chi connectivity index (χ2v) is 11.3. The highest BCUT2D eigenvalue weighted by atomic mass is 35.5. The van der Waals surface area contributed by atoms with E-state index in [0.29, 0.717) is 38.2 Å². The van der Waals surface area contributed by atoms with Crippen molar-refractivity contribution in [3.63, 3.8) is 0 Å². The molecule has 8 heteroatoms. The predicted molar refractivity (Wildman–Crippen MR) is 147 cm³/mol. The summed E-state index contributed by atoms with van der Waals surface area (Å²) in [4.78, 5) is 31.8. The first-order valence-corrected chi connectivity index (χ1v) is 14.3. The molecule has 1 fully saturated rings. The summed E-state index contributed by atoms with van der Waals surface area (Å²) in [5, 5.41) is 3.59. The third kappa shape index (κ3) is 5.79. The van der Waals surface area contributed by atoms with Gasteiger partial charge in [0.05, 0.1) is 38.4 Å². The molecule has 2 aliphatic rings. The van der Waals surface area contributed by atoms with Crippen molar-refractivity contribution >= 4 is 39.9 Å². The van der Waals surface area contributed by atoms with Crippen LogP contribution in [0.2, 0.25) is 5.02 Å². The van der Waals surface area contributed by atoms with Crippen molar-refractivity contribution in [3.8, 4) is 0 Å². The molecule has 0 saturated carbocycles. The van der Waals surface area contributed by atoms with Gasteiger partial charge < -0.3 is 15.1 Å². The van der Waals surface area contributed by atoms with E-state index in [1.807, 2.05) is 18.2 Å². The minimum atomic E-state index is -1.57. The molecule has 0 unspecified atom stereocenters. The van der Waals surface area contributed by atoms with Gasteiger partial charge in [0, 0.05) is 23.7 Å². The van der Waals surface area contributed by atoms with E-state index >= 15 is 0 Å². The molecule has 5 rings (SSSR count). The Morgan fingerprint density at radius 3 is 2.49 bits per heavy atom. The molecule has 1 saturated heterocycles. The summed E-state index contributed by atoms with van der Waals surface area (Å²) in [5.74, 6) is -0.471. The zero-order chi connectivity index (χ0) is 25.8. The van der Waals surface area contributed by atoms with Gasteiger partial charge in [-0.1, -0.05) is 48.7 Å². The maximum Gasteiger partial charge on any atom is 0.259 e. The van der Waals surface area contributed by atoms with Gasteiger partial charge in [0.15, 0.2) is 0 Å². The van der Waals surface area contributed by atoms with Gasteiger partial charge in [-0.3, -0.25) is 9.59 Å². The minimum absolute atomic E-state index is 0.208. The Kier molecular flexibility index (Phi) is 8.03. The molecule has 3 aromatic carbocycles. The number of nitrogens with zero attached hydrogens (tertiary/aromatic N) is 2. The third-order valence-corrected chi connectivity index (χ3v) is 8.65. The van der Waals surface area contributed by atoms with Crippen molar-refractivity contribution in [2.24, 2.45) is 0 Å². The van der Waals surface area contributed by atoms with E-state index in [-0.39, 0.29) is 18.4 Å². The van der Waals surface area contributed by atoms with Crippen LogP contribution in [-0.2, 0) is 17.3 Å². The Morgan fingerprint density at radius 2 is 1.70 bits per heavy atom. The summed E-state index contributed by atoms with van der Waals surface area (Å²) in [6.07, 6.45) is 4.95. The largest absolute Gasteiger partial charge is 0.351 e. The lowest BCUT2D eigenvalue weighted by Gasteiger charge is -2.24. The summed E-state index contributed by atoms with van der Waals surface area (Å²) in [6, 6.07) is 19.4. The molecule has 37 heavy (non-hydrogen) atoms. The first kappa shape index (κ1) is 25.6. The zero-order valence-electron chi connectivity index (χ0n) is 20.6. The van der Waals surface area contributed by atoms with Crippen molar-refractivity contribution in [1.82, 2.24) is 10.2 Å². The van der Waals surface area contributed by atoms with Gasteiger partial charge in [-0.2, -0.15) is 0 Å². The lowest BCUT2D eigenvalue weighted by atomic mass is 10.1. The molecule has 2 amide bonds. The van der Waals surface area contributed by atoms with Crippen LogP contribution in [-0.4, -0.2) is 47.1 Å². The summed E-state index contributed by atoms with van der Waals surface area (Å²) in [7, 11) is -1.57. The van der Waals surface area contributed by atoms with E-state index in [2.05, 4.69) is 10.2 Å². The van der Waals surface area contributed by atoms with Crippen molar-refractivity contribution in [2.45, 2.75) is 42.0 Å². The molecule has 2 aliphatic heterocycles. The van der Waals surface area contributed by atoms with Crippen molar-refractivity contribution < 1.29 is 13.8 Å². The fourth-order valence-electron chi connectivity index (χ4n) is 4.97. The van der Waals surface area contributed by atoms with Gasteiger partial charge >= 0.3 is 0 Å². The number of halogens is 1. The fraction of sp³-hybridized carbons (Fsp3) is 0.310. The maximum atomic E-state index is 13.7. The summed E-state index contributed by atoms with van der Waals surface area (Å²) in [6.45, 7) is 3.75. The topological polar surface area (TPSA) is 69.7 Å². The van der Waals surface area contributed by atoms with E-state index in [1.54, 1.807) is 53.4 Å². The lowest BCUT2D eigenvalue weighted by molar-refractivity contribution is 0.0945. The lowest BCUT2D eigenvalue weighted by Crippen LogP contribution is -2.35. The van der Waals surface area contributed by atoms with Gasteiger partial charge in [-0.15, -0.1) is 0 Å². The first-order valence-electron chi connectivity index (χ1n) is 12.7. The molecule has 1 atom stereocenters. The normalized spacial score (nSPS) is 17.9. The van der Waals surface area contributed by atoms with Gasteiger partial charge in [0.1, 0.15) is 0 Å².